The Labute approximate surface area is 636 Å². The molecule has 0 spiro atoms. The second kappa shape index (κ2) is 43.4. The van der Waals surface area contributed by atoms with Gasteiger partial charge in [-0.2, -0.15) is 0 Å². The average molecular weight is 1520 g/mol. The Balaban J connectivity index is 4.70. The number of thioether (sulfide) groups is 1. The Bertz CT molecular complexity index is 3020. The zero-order valence-corrected chi connectivity index (χ0v) is 70.2. The van der Waals surface area contributed by atoms with Crippen molar-refractivity contribution in [1.29, 1.82) is 0 Å². The number of nitrogens with one attached hydrogen (secondary N) is 6. The van der Waals surface area contributed by atoms with Crippen molar-refractivity contribution in [2.45, 2.75) is 281 Å². The van der Waals surface area contributed by atoms with Gasteiger partial charge in [0.05, 0.1) is 12.6 Å². The van der Waals surface area contributed by atoms with E-state index in [0.29, 0.717) is 0 Å². The fraction of sp³-hybridized carbons (Fsp3) is 0.787. The Morgan fingerprint density at radius 2 is 0.906 bits per heavy atom. The lowest BCUT2D eigenvalue weighted by Crippen LogP contribution is -2.64. The molecule has 0 aliphatic carbocycles. The number of alkyl carbamates (subject to hydrolysis) is 2. The monoisotopic (exact) mass is 1520 g/mol. The van der Waals surface area contributed by atoms with Crippen molar-refractivity contribution in [3.05, 3.63) is 12.2 Å². The van der Waals surface area contributed by atoms with Gasteiger partial charge in [-0.1, -0.05) is 109 Å². The quantitative estimate of drug-likeness (QED) is 0.0351. The minimum Gasteiger partial charge on any atom is -0.444 e. The fourth-order valence-electron chi connectivity index (χ4n) is 12.1. The molecule has 0 aromatic rings. The van der Waals surface area contributed by atoms with Gasteiger partial charge in [0.1, 0.15) is 71.6 Å². The second-order valence-corrected chi connectivity index (χ2v) is 33.7. The average Bonchev–Trinajstić information content (AvgIpc) is 0.801. The summed E-state index contributed by atoms with van der Waals surface area (Å²) in [5.41, 5.74) is -1.94. The number of guanidine groups is 1. The van der Waals surface area contributed by atoms with Gasteiger partial charge in [0.25, 0.3) is 5.91 Å². The molecule has 1 aliphatic heterocycles. The van der Waals surface area contributed by atoms with Crippen LogP contribution in [0.15, 0.2) is 17.1 Å². The molecule has 106 heavy (non-hydrogen) atoms. The van der Waals surface area contributed by atoms with Crippen LogP contribution in [0, 0.1) is 41.4 Å². The van der Waals surface area contributed by atoms with Crippen molar-refractivity contribution in [3.8, 4) is 0 Å². The Hall–Kier alpha value is -7.57. The first-order valence-electron chi connectivity index (χ1n) is 37.2. The number of allylic oxidation sites excluding steroid dienone is 2. The van der Waals surface area contributed by atoms with E-state index >= 15 is 33.6 Å². The third kappa shape index (κ3) is 29.9. The highest BCUT2D eigenvalue weighted by Crippen LogP contribution is 2.28. The molecule has 0 aromatic carbocycles. The highest BCUT2D eigenvalue weighted by Gasteiger charge is 2.47. The van der Waals surface area contributed by atoms with Crippen molar-refractivity contribution < 1.29 is 76.9 Å². The van der Waals surface area contributed by atoms with Crippen molar-refractivity contribution in [2.24, 2.45) is 46.4 Å². The summed E-state index contributed by atoms with van der Waals surface area (Å²) in [5, 5.41) is 26.7. The van der Waals surface area contributed by atoms with Gasteiger partial charge in [-0.05, 0) is 142 Å². The first kappa shape index (κ1) is 96.4. The van der Waals surface area contributed by atoms with E-state index in [1.165, 1.54) is 82.8 Å². The number of aliphatic imine (C=N–C) groups is 1. The van der Waals surface area contributed by atoms with Crippen LogP contribution in [0.5, 0.6) is 0 Å². The largest absolute Gasteiger partial charge is 0.444 e. The Morgan fingerprint density at radius 3 is 1.33 bits per heavy atom. The number of hydrogen-bond donors (Lipinski definition) is 7. The molecular weight excluding hydrogens is 1380 g/mol. The summed E-state index contributed by atoms with van der Waals surface area (Å²) in [5.74, 6) is -11.7. The van der Waals surface area contributed by atoms with E-state index in [9.17, 15) is 33.9 Å². The number of likely N-dealkylation sites (N-methyl/N-ethyl adjacent to an activating group) is 7. The smallest absolute Gasteiger partial charge is 0.414 e. The van der Waals surface area contributed by atoms with E-state index in [1.807, 2.05) is 55.4 Å². The number of nitrogens with zero attached hydrogens (tertiary/aromatic N) is 8. The summed E-state index contributed by atoms with van der Waals surface area (Å²) in [4.78, 5) is 204. The van der Waals surface area contributed by atoms with Crippen molar-refractivity contribution in [2.75, 3.05) is 61.6 Å². The normalized spacial score (nSPS) is 24.7. The number of carbonyl (C=O) groups excluding carboxylic acids is 13. The molecule has 606 valence electrons. The maximum absolute atomic E-state index is 15.6. The van der Waals surface area contributed by atoms with Crippen LogP contribution in [-0.4, -0.2) is 267 Å². The molecule has 30 nitrogen and oxygen atoms in total. The van der Waals surface area contributed by atoms with Crippen molar-refractivity contribution in [3.63, 3.8) is 0 Å². The van der Waals surface area contributed by atoms with Crippen LogP contribution in [0.4, 0.5) is 9.59 Å². The van der Waals surface area contributed by atoms with E-state index in [-0.39, 0.29) is 80.5 Å². The van der Waals surface area contributed by atoms with Gasteiger partial charge in [-0.15, -0.1) is 11.8 Å². The van der Waals surface area contributed by atoms with Crippen LogP contribution in [0.25, 0.3) is 0 Å². The molecule has 0 saturated carbocycles. The summed E-state index contributed by atoms with van der Waals surface area (Å²) < 4.78 is 10.9. The SMILES string of the molecule is C/C=C/C[C@@H](C)[C@@H](O)C1C(=O)N[C@@H](CC)C(=O)N(C)C(SCCN=C(NC(=O)OC(C)(C)C)NC(=O)OC(C)(C)C)C(=O)N(C)[C@@H](CC(C)C)C(=O)N[C@@H](C(C)C)C(=O)N(C)C(CC(C)C)C(=O)N[C@@H](C)C(=O)N[C@H](C)C(=O)N(C)[C@H](CC(C)C)C(=O)N(C)[C@@H](CC(C)C)C(=O)N(C)[C@H](C(C)C)C(=O)N1C. The van der Waals surface area contributed by atoms with Gasteiger partial charge in [-0.25, -0.2) is 9.59 Å². The summed E-state index contributed by atoms with van der Waals surface area (Å²) >= 11 is 0.873. The van der Waals surface area contributed by atoms with Gasteiger partial charge in [0, 0.05) is 55.1 Å². The van der Waals surface area contributed by atoms with Gasteiger partial charge in [-0.3, -0.25) is 68.4 Å². The first-order valence-corrected chi connectivity index (χ1v) is 38.3. The molecule has 0 radical (unpaired) electrons. The molecule has 0 aromatic heterocycles. The summed E-state index contributed by atoms with van der Waals surface area (Å²) in [6.45, 7) is 38.9. The minimum absolute atomic E-state index is 0.0149. The molecule has 0 bridgehead atoms. The summed E-state index contributed by atoms with van der Waals surface area (Å²) in [6.07, 6.45) is 0.426. The zero-order chi connectivity index (χ0) is 82.2. The van der Waals surface area contributed by atoms with E-state index < -0.39 is 178 Å². The third-order valence-corrected chi connectivity index (χ3v) is 19.3. The lowest BCUT2D eigenvalue weighted by molar-refractivity contribution is -0.157. The topological polar surface area (TPSA) is 368 Å². The van der Waals surface area contributed by atoms with Crippen molar-refractivity contribution in [1.82, 2.24) is 66.2 Å². The number of ether oxygens (including phenoxy) is 2. The van der Waals surface area contributed by atoms with Crippen LogP contribution in [-0.2, 0) is 62.2 Å². The Morgan fingerprint density at radius 1 is 0.500 bits per heavy atom. The molecule has 1 fully saturated rings. The molecule has 3 unspecified atom stereocenters. The predicted molar refractivity (Wildman–Crippen MR) is 411 cm³/mol. The van der Waals surface area contributed by atoms with Crippen molar-refractivity contribution >= 4 is 94.9 Å². The highest BCUT2D eigenvalue weighted by atomic mass is 32.2. The molecule has 13 amide bonds. The maximum atomic E-state index is 15.6. The number of carbonyl (C=O) groups is 13. The zero-order valence-electron chi connectivity index (χ0n) is 69.3. The molecule has 31 heteroatoms. The summed E-state index contributed by atoms with van der Waals surface area (Å²) in [7, 11) is 9.68. The van der Waals surface area contributed by atoms with Crippen LogP contribution < -0.4 is 31.9 Å². The summed E-state index contributed by atoms with van der Waals surface area (Å²) in [6, 6.07) is -13.4. The van der Waals surface area contributed by atoms with Gasteiger partial charge < -0.3 is 70.1 Å². The van der Waals surface area contributed by atoms with E-state index in [0.717, 1.165) is 26.5 Å². The van der Waals surface area contributed by atoms with Crippen LogP contribution in [0.3, 0.4) is 0 Å². The fourth-order valence-corrected chi connectivity index (χ4v) is 13.2. The van der Waals surface area contributed by atoms with Gasteiger partial charge in [0.2, 0.25) is 65.0 Å². The number of rotatable bonds is 19. The minimum atomic E-state index is -1.73. The molecule has 1 heterocycles. The maximum Gasteiger partial charge on any atom is 0.414 e. The van der Waals surface area contributed by atoms with Crippen LogP contribution in [0.1, 0.15) is 198 Å². The standard InChI is InChI=1S/C75H134N14O16S/c1-31-33-34-47(15)58(90)57-62(94)79-50(32-2)64(96)89(30)70(106-36-35-76-71(81-72(102)104-74(18,19)20)82-73(103)105-75(21,22)23)69(101)84(25)52(38-42(5)6)61(93)80-55(45(11)12)67(99)83(24)51(37-41(3)4)60(92)77-48(16)59(91)78-49(17)63(95)85(26)53(39-43(7)8)65(97)86(27)54(40-44(9)10)66(98)87(28)56(46(13)14)68(100)88(57)29/h31,33,41-58,70,90H,32,34-40H2,1-30H3,(H,77,92)(H,78,91)(H,79,94)(H,80,93)(H2,76,81,82,102,103)/b33-31+/t47-,48+,49-,50+,51?,52+,53-,54+,55+,56-,57?,58-,70?/m1/s1. The Kier molecular flexibility index (Phi) is 39.5. The number of hydrogen-bond acceptors (Lipinski definition) is 18. The lowest BCUT2D eigenvalue weighted by atomic mass is 9.91. The van der Waals surface area contributed by atoms with E-state index in [1.54, 1.807) is 102 Å². The molecule has 13 atom stereocenters. The van der Waals surface area contributed by atoms with E-state index in [2.05, 4.69) is 36.9 Å². The highest BCUT2D eigenvalue weighted by molar-refractivity contribution is 8.00. The molecule has 7 N–H and O–H groups in total. The number of aliphatic hydroxyl groups excluding tert-OH is 1. The van der Waals surface area contributed by atoms with Crippen LogP contribution in [0.2, 0.25) is 0 Å². The number of aliphatic hydroxyl groups is 1. The predicted octanol–water partition coefficient (Wildman–Crippen LogP) is 5.73. The van der Waals surface area contributed by atoms with E-state index in [4.69, 9.17) is 9.47 Å². The second-order valence-electron chi connectivity index (χ2n) is 32.5. The number of amides is 13. The first-order chi connectivity index (χ1) is 48.7. The molecule has 1 rings (SSSR count). The lowest BCUT2D eigenvalue weighted by Gasteiger charge is -2.41. The van der Waals surface area contributed by atoms with Crippen LogP contribution >= 0.6 is 11.8 Å². The molecule has 1 saturated heterocycles. The molecular formula is C75H134N14O16S. The van der Waals surface area contributed by atoms with Gasteiger partial charge in [0.15, 0.2) is 5.37 Å². The third-order valence-electron chi connectivity index (χ3n) is 18.1. The van der Waals surface area contributed by atoms with Gasteiger partial charge >= 0.3 is 12.2 Å². The molecule has 1 aliphatic rings.